The molecule has 37 heavy (non-hydrogen) atoms. The molecule has 2 aliphatic rings. The molecular formula is C29H34N2O6. The normalized spacial score (nSPS) is 18.0. The quantitative estimate of drug-likeness (QED) is 0.429. The summed E-state index contributed by atoms with van der Waals surface area (Å²) < 4.78 is 22.9. The van der Waals surface area contributed by atoms with Gasteiger partial charge in [-0.1, -0.05) is 12.1 Å². The lowest BCUT2D eigenvalue weighted by atomic mass is 9.98. The third-order valence-corrected chi connectivity index (χ3v) is 6.79. The van der Waals surface area contributed by atoms with E-state index in [0.717, 1.165) is 50.6 Å². The first-order valence-corrected chi connectivity index (χ1v) is 13.1. The molecule has 8 heteroatoms. The Morgan fingerprint density at radius 2 is 1.73 bits per heavy atom. The van der Waals surface area contributed by atoms with Crippen LogP contribution < -0.4 is 14.9 Å². The molecule has 0 radical (unpaired) electrons. The molecule has 0 bridgehead atoms. The summed E-state index contributed by atoms with van der Waals surface area (Å²) in [6.07, 6.45) is 0.837. The van der Waals surface area contributed by atoms with E-state index >= 15 is 0 Å². The van der Waals surface area contributed by atoms with Gasteiger partial charge in [-0.2, -0.15) is 0 Å². The second-order valence-electron chi connectivity index (χ2n) is 9.71. The van der Waals surface area contributed by atoms with E-state index in [1.807, 2.05) is 45.0 Å². The molecule has 1 fully saturated rings. The van der Waals surface area contributed by atoms with Gasteiger partial charge in [-0.05, 0) is 57.0 Å². The van der Waals surface area contributed by atoms with Gasteiger partial charge in [0.2, 0.25) is 5.76 Å². The summed E-state index contributed by atoms with van der Waals surface area (Å²) in [6, 6.07) is 12.3. The number of nitrogens with zero attached hydrogens (tertiary/aromatic N) is 2. The Kier molecular flexibility index (Phi) is 7.48. The number of hydrogen-bond acceptors (Lipinski definition) is 7. The lowest BCUT2D eigenvalue weighted by Crippen LogP contribution is -2.38. The van der Waals surface area contributed by atoms with E-state index in [1.54, 1.807) is 23.1 Å². The number of carbonyl (C=O) groups is 1. The molecule has 0 N–H and O–H groups in total. The van der Waals surface area contributed by atoms with E-state index < -0.39 is 6.04 Å². The summed E-state index contributed by atoms with van der Waals surface area (Å²) >= 11 is 0. The molecule has 3 aromatic rings. The number of rotatable bonds is 9. The Hall–Kier alpha value is -3.36. The van der Waals surface area contributed by atoms with Gasteiger partial charge in [-0.25, -0.2) is 0 Å². The lowest BCUT2D eigenvalue weighted by molar-refractivity contribution is 0.0353. The van der Waals surface area contributed by atoms with E-state index in [2.05, 4.69) is 4.90 Å². The monoisotopic (exact) mass is 506 g/mol. The standard InChI is InChI=1S/C29H34N2O6/c1-4-35-22-10-11-23-24(18-22)37-28-25(27(23)32)26(20-6-8-21(9-7-20)36-19(2)3)31(29(28)33)13-5-12-30-14-16-34-17-15-30/h6-11,18-19,26H,4-5,12-17H2,1-3H3. The van der Waals surface area contributed by atoms with Crippen molar-refractivity contribution in [3.8, 4) is 11.5 Å². The molecule has 1 aromatic heterocycles. The average molecular weight is 507 g/mol. The Labute approximate surface area is 216 Å². The maximum Gasteiger partial charge on any atom is 0.290 e. The third kappa shape index (κ3) is 5.22. The highest BCUT2D eigenvalue weighted by Gasteiger charge is 2.42. The van der Waals surface area contributed by atoms with Crippen LogP contribution in [0.3, 0.4) is 0 Å². The second kappa shape index (κ2) is 10.9. The van der Waals surface area contributed by atoms with Crippen molar-refractivity contribution in [2.45, 2.75) is 39.3 Å². The fourth-order valence-electron chi connectivity index (χ4n) is 5.12. The van der Waals surface area contributed by atoms with Gasteiger partial charge in [0.05, 0.1) is 42.9 Å². The SMILES string of the molecule is CCOc1ccc2c(=O)c3c(oc2c1)C(=O)N(CCCN1CCOCC1)C3c1ccc(OC(C)C)cc1. The number of carbonyl (C=O) groups excluding carboxylic acids is 1. The smallest absolute Gasteiger partial charge is 0.290 e. The average Bonchev–Trinajstić information content (AvgIpc) is 3.17. The number of ether oxygens (including phenoxy) is 3. The van der Waals surface area contributed by atoms with Gasteiger partial charge in [0.15, 0.2) is 5.43 Å². The highest BCUT2D eigenvalue weighted by Crippen LogP contribution is 2.39. The Morgan fingerprint density at radius 3 is 2.43 bits per heavy atom. The van der Waals surface area contributed by atoms with Crippen molar-refractivity contribution in [3.63, 3.8) is 0 Å². The molecule has 1 unspecified atom stereocenters. The molecule has 1 amide bonds. The Morgan fingerprint density at radius 1 is 1.00 bits per heavy atom. The van der Waals surface area contributed by atoms with E-state index in [9.17, 15) is 9.59 Å². The van der Waals surface area contributed by atoms with Crippen LogP contribution in [0.1, 0.15) is 54.9 Å². The highest BCUT2D eigenvalue weighted by atomic mass is 16.5. The molecular weight excluding hydrogens is 472 g/mol. The first-order valence-electron chi connectivity index (χ1n) is 13.1. The van der Waals surface area contributed by atoms with Crippen LogP contribution in [0, 0.1) is 0 Å². The van der Waals surface area contributed by atoms with Crippen LogP contribution in [0.15, 0.2) is 51.7 Å². The van der Waals surface area contributed by atoms with Crippen LogP contribution in [0.4, 0.5) is 0 Å². The van der Waals surface area contributed by atoms with Crippen LogP contribution in [0.5, 0.6) is 11.5 Å². The van der Waals surface area contributed by atoms with Crippen LogP contribution in [-0.2, 0) is 4.74 Å². The maximum atomic E-state index is 13.8. The first kappa shape index (κ1) is 25.3. The zero-order valence-electron chi connectivity index (χ0n) is 21.7. The van der Waals surface area contributed by atoms with Crippen LogP contribution in [0.2, 0.25) is 0 Å². The lowest BCUT2D eigenvalue weighted by Gasteiger charge is -2.29. The third-order valence-electron chi connectivity index (χ3n) is 6.79. The number of amides is 1. The summed E-state index contributed by atoms with van der Waals surface area (Å²) in [5.74, 6) is 1.20. The molecule has 1 saturated heterocycles. The summed E-state index contributed by atoms with van der Waals surface area (Å²) in [7, 11) is 0. The molecule has 2 aliphatic heterocycles. The van der Waals surface area contributed by atoms with Gasteiger partial charge in [0.1, 0.15) is 17.1 Å². The highest BCUT2D eigenvalue weighted by molar-refractivity contribution is 5.99. The van der Waals surface area contributed by atoms with Gasteiger partial charge in [-0.3, -0.25) is 14.5 Å². The van der Waals surface area contributed by atoms with Crippen molar-refractivity contribution in [3.05, 3.63) is 69.6 Å². The van der Waals surface area contributed by atoms with Gasteiger partial charge in [-0.15, -0.1) is 0 Å². The summed E-state index contributed by atoms with van der Waals surface area (Å²) in [5, 5.41) is 0.440. The minimum absolute atomic E-state index is 0.0521. The molecule has 5 rings (SSSR count). The van der Waals surface area contributed by atoms with E-state index in [1.165, 1.54) is 0 Å². The summed E-state index contributed by atoms with van der Waals surface area (Å²) in [6.45, 7) is 11.0. The summed E-state index contributed by atoms with van der Waals surface area (Å²) in [5.41, 5.74) is 1.42. The Bertz CT molecular complexity index is 1310. The van der Waals surface area contributed by atoms with Crippen molar-refractivity contribution in [2.24, 2.45) is 0 Å². The summed E-state index contributed by atoms with van der Waals surface area (Å²) in [4.78, 5) is 31.6. The Balaban J connectivity index is 1.51. The molecule has 2 aromatic carbocycles. The maximum absolute atomic E-state index is 13.8. The topological polar surface area (TPSA) is 81.5 Å². The van der Waals surface area contributed by atoms with Crippen molar-refractivity contribution in [1.29, 1.82) is 0 Å². The van der Waals surface area contributed by atoms with Crippen molar-refractivity contribution in [1.82, 2.24) is 9.80 Å². The molecule has 0 aliphatic carbocycles. The van der Waals surface area contributed by atoms with Crippen LogP contribution in [-0.4, -0.2) is 67.8 Å². The van der Waals surface area contributed by atoms with Gasteiger partial charge >= 0.3 is 0 Å². The number of benzene rings is 2. The molecule has 8 nitrogen and oxygen atoms in total. The van der Waals surface area contributed by atoms with Gasteiger partial charge < -0.3 is 23.5 Å². The van der Waals surface area contributed by atoms with E-state index in [-0.39, 0.29) is 23.2 Å². The van der Waals surface area contributed by atoms with Crippen molar-refractivity contribution in [2.75, 3.05) is 46.0 Å². The van der Waals surface area contributed by atoms with E-state index in [4.69, 9.17) is 18.6 Å². The number of morpholine rings is 1. The predicted molar refractivity (Wildman–Crippen MR) is 141 cm³/mol. The van der Waals surface area contributed by atoms with Gasteiger partial charge in [0, 0.05) is 32.2 Å². The van der Waals surface area contributed by atoms with E-state index in [0.29, 0.717) is 35.4 Å². The fraction of sp³-hybridized carbons (Fsp3) is 0.448. The predicted octanol–water partition coefficient (Wildman–Crippen LogP) is 4.25. The molecule has 1 atom stereocenters. The molecule has 196 valence electrons. The second-order valence-corrected chi connectivity index (χ2v) is 9.71. The fourth-order valence-corrected chi connectivity index (χ4v) is 5.12. The molecule has 0 saturated carbocycles. The van der Waals surface area contributed by atoms with Crippen LogP contribution in [0.25, 0.3) is 11.0 Å². The molecule has 0 spiro atoms. The largest absolute Gasteiger partial charge is 0.494 e. The van der Waals surface area contributed by atoms with Crippen LogP contribution >= 0.6 is 0 Å². The minimum Gasteiger partial charge on any atom is -0.494 e. The zero-order chi connectivity index (χ0) is 25.9. The molecule has 3 heterocycles. The first-order chi connectivity index (χ1) is 18.0. The van der Waals surface area contributed by atoms with Crippen molar-refractivity contribution < 1.29 is 23.4 Å². The van der Waals surface area contributed by atoms with Crippen molar-refractivity contribution >= 4 is 16.9 Å². The zero-order valence-corrected chi connectivity index (χ0v) is 21.7. The van der Waals surface area contributed by atoms with Gasteiger partial charge in [0.25, 0.3) is 5.91 Å². The number of hydrogen-bond donors (Lipinski definition) is 0. The number of fused-ring (bicyclic) bond motifs is 2. The minimum atomic E-state index is -0.521.